The van der Waals surface area contributed by atoms with Crippen LogP contribution in [0.2, 0.25) is 0 Å². The molecule has 160 valence electrons. The van der Waals surface area contributed by atoms with Gasteiger partial charge in [0.05, 0.1) is 22.7 Å². The van der Waals surface area contributed by atoms with Crippen LogP contribution < -0.4 is 5.69 Å². The van der Waals surface area contributed by atoms with Gasteiger partial charge in [0.25, 0.3) is 11.6 Å². The third-order valence-corrected chi connectivity index (χ3v) is 4.92. The third-order valence-electron chi connectivity index (χ3n) is 4.92. The highest BCUT2D eigenvalue weighted by molar-refractivity contribution is 5.94. The van der Waals surface area contributed by atoms with E-state index in [2.05, 4.69) is 5.10 Å². The molecule has 4 rings (SSSR count). The van der Waals surface area contributed by atoms with E-state index in [0.29, 0.717) is 11.5 Å². The van der Waals surface area contributed by atoms with E-state index in [9.17, 15) is 32.9 Å². The lowest BCUT2D eigenvalue weighted by Crippen LogP contribution is -2.40. The van der Waals surface area contributed by atoms with Gasteiger partial charge in [-0.1, -0.05) is 0 Å². The van der Waals surface area contributed by atoms with Crippen molar-refractivity contribution >= 4 is 11.6 Å². The van der Waals surface area contributed by atoms with Crippen molar-refractivity contribution in [3.8, 4) is 5.69 Å². The van der Waals surface area contributed by atoms with Crippen LogP contribution >= 0.6 is 0 Å². The smallest absolute Gasteiger partial charge is 0.329 e. The first-order valence-electron chi connectivity index (χ1n) is 9.05. The lowest BCUT2D eigenvalue weighted by molar-refractivity contribution is -0.384. The van der Waals surface area contributed by atoms with Crippen LogP contribution in [0.25, 0.3) is 5.69 Å². The van der Waals surface area contributed by atoms with Gasteiger partial charge in [0, 0.05) is 30.8 Å². The fourth-order valence-corrected chi connectivity index (χ4v) is 3.29. The monoisotopic (exact) mass is 433 g/mol. The second-order valence-electron chi connectivity index (χ2n) is 6.84. The molecule has 3 aromatic rings. The van der Waals surface area contributed by atoms with Crippen LogP contribution in [-0.2, 0) is 19.3 Å². The summed E-state index contributed by atoms with van der Waals surface area (Å²) in [5.41, 5.74) is -1.00. The molecule has 0 radical (unpaired) electrons. The highest BCUT2D eigenvalue weighted by atomic mass is 19.4. The van der Waals surface area contributed by atoms with Crippen LogP contribution in [0.5, 0.6) is 0 Å². The lowest BCUT2D eigenvalue weighted by Gasteiger charge is -2.26. The van der Waals surface area contributed by atoms with Crippen LogP contribution in [0.1, 0.15) is 21.7 Å². The minimum absolute atomic E-state index is 0.00488. The van der Waals surface area contributed by atoms with Gasteiger partial charge in [-0.05, 0) is 36.4 Å². The molecule has 1 aliphatic rings. The Morgan fingerprint density at radius 3 is 2.26 bits per heavy atom. The van der Waals surface area contributed by atoms with Gasteiger partial charge in [-0.3, -0.25) is 19.5 Å². The average Bonchev–Trinajstić information content (AvgIpc) is 3.08. The number of hydrogen-bond donors (Lipinski definition) is 0. The molecule has 0 saturated heterocycles. The molecule has 0 atom stereocenters. The number of non-ortho nitro benzene ring substituents is 1. The van der Waals surface area contributed by atoms with Crippen LogP contribution in [0.4, 0.5) is 18.9 Å². The van der Waals surface area contributed by atoms with Crippen molar-refractivity contribution in [3.63, 3.8) is 0 Å². The van der Waals surface area contributed by atoms with Crippen molar-refractivity contribution in [1.82, 2.24) is 19.2 Å². The number of nitro groups is 1. The summed E-state index contributed by atoms with van der Waals surface area (Å²) < 4.78 is 40.6. The minimum Gasteiger partial charge on any atom is -0.329 e. The summed E-state index contributed by atoms with van der Waals surface area (Å²) in [6, 6.07) is 9.20. The fraction of sp³-hybridized carbons (Fsp3) is 0.211. The van der Waals surface area contributed by atoms with Gasteiger partial charge >= 0.3 is 11.9 Å². The molecule has 0 fully saturated rings. The normalized spacial score (nSPS) is 13.7. The average molecular weight is 433 g/mol. The van der Waals surface area contributed by atoms with Crippen molar-refractivity contribution in [2.45, 2.75) is 19.3 Å². The van der Waals surface area contributed by atoms with Gasteiger partial charge in [0.2, 0.25) is 0 Å². The lowest BCUT2D eigenvalue weighted by atomic mass is 10.1. The van der Waals surface area contributed by atoms with Crippen molar-refractivity contribution in [1.29, 1.82) is 0 Å². The number of nitrogens with zero attached hydrogens (tertiary/aromatic N) is 5. The zero-order chi connectivity index (χ0) is 22.3. The highest BCUT2D eigenvalue weighted by Crippen LogP contribution is 2.29. The molecule has 1 amide bonds. The number of amides is 1. The first-order chi connectivity index (χ1) is 14.6. The maximum atomic E-state index is 12.7. The van der Waals surface area contributed by atoms with Crippen LogP contribution in [0, 0.1) is 10.1 Å². The molecule has 0 bridgehead atoms. The minimum atomic E-state index is -4.49. The summed E-state index contributed by atoms with van der Waals surface area (Å²) in [4.78, 5) is 36.9. The van der Waals surface area contributed by atoms with Gasteiger partial charge in [-0.15, -0.1) is 5.10 Å². The topological polar surface area (TPSA) is 103 Å². The number of carbonyl (C=O) groups excluding carboxylic acids is 1. The number of halogens is 3. The Morgan fingerprint density at radius 2 is 1.68 bits per heavy atom. The summed E-state index contributed by atoms with van der Waals surface area (Å²) in [7, 11) is 0. The van der Waals surface area contributed by atoms with E-state index in [1.807, 2.05) is 0 Å². The van der Waals surface area contributed by atoms with Gasteiger partial charge in [0.1, 0.15) is 0 Å². The zero-order valence-electron chi connectivity index (χ0n) is 15.7. The first kappa shape index (κ1) is 20.3. The van der Waals surface area contributed by atoms with E-state index in [-0.39, 0.29) is 30.9 Å². The Balaban J connectivity index is 1.56. The number of benzene rings is 2. The van der Waals surface area contributed by atoms with E-state index in [0.717, 1.165) is 28.9 Å². The molecule has 31 heavy (non-hydrogen) atoms. The summed E-state index contributed by atoms with van der Waals surface area (Å²) in [5, 5.41) is 15.0. The van der Waals surface area contributed by atoms with E-state index in [1.165, 1.54) is 33.7 Å². The number of carbonyl (C=O) groups is 1. The molecule has 0 saturated carbocycles. The Hall–Kier alpha value is -3.96. The zero-order valence-corrected chi connectivity index (χ0v) is 15.7. The summed E-state index contributed by atoms with van der Waals surface area (Å²) in [6.07, 6.45) is -4.49. The largest absolute Gasteiger partial charge is 0.416 e. The third kappa shape index (κ3) is 3.79. The molecule has 12 heteroatoms. The number of nitro benzene ring substituents is 1. The quantitative estimate of drug-likeness (QED) is 0.467. The van der Waals surface area contributed by atoms with E-state index in [4.69, 9.17) is 0 Å². The number of aromatic nitrogens is 3. The van der Waals surface area contributed by atoms with Crippen LogP contribution in [0.15, 0.2) is 53.3 Å². The Morgan fingerprint density at radius 1 is 1.03 bits per heavy atom. The number of fused-ring (bicyclic) bond motifs is 1. The maximum absolute atomic E-state index is 12.7. The summed E-state index contributed by atoms with van der Waals surface area (Å²) >= 11 is 0. The molecular weight excluding hydrogens is 419 g/mol. The van der Waals surface area contributed by atoms with Crippen molar-refractivity contribution in [2.24, 2.45) is 0 Å². The standard InChI is InChI=1S/C19H14F3N5O4/c20-19(21,22)13-3-1-12(2-4-13)17(28)24-9-10-25-16(11-24)23-26(18(25)29)14-5-7-15(8-6-14)27(30)31/h1-8H,9-11H2. The second-order valence-corrected chi connectivity index (χ2v) is 6.84. The molecule has 0 spiro atoms. The summed E-state index contributed by atoms with van der Waals surface area (Å²) in [5.74, 6) is -0.174. The molecular formula is C19H14F3N5O4. The second kappa shape index (κ2) is 7.38. The molecule has 2 heterocycles. The van der Waals surface area contributed by atoms with Crippen LogP contribution in [-0.4, -0.2) is 36.6 Å². The van der Waals surface area contributed by atoms with E-state index < -0.39 is 28.3 Å². The Labute approximate surface area is 172 Å². The van der Waals surface area contributed by atoms with Gasteiger partial charge < -0.3 is 4.90 Å². The van der Waals surface area contributed by atoms with Crippen molar-refractivity contribution in [3.05, 3.63) is 86.1 Å². The van der Waals surface area contributed by atoms with Gasteiger partial charge in [-0.2, -0.15) is 17.9 Å². The number of hydrogen-bond acceptors (Lipinski definition) is 5. The summed E-state index contributed by atoms with van der Waals surface area (Å²) in [6.45, 7) is 0.335. The van der Waals surface area contributed by atoms with Crippen LogP contribution in [0.3, 0.4) is 0 Å². The molecule has 1 aromatic heterocycles. The predicted octanol–water partition coefficient (Wildman–Crippen LogP) is 2.62. The SMILES string of the molecule is O=C(c1ccc(C(F)(F)F)cc1)N1CCn2c(nn(-c3ccc([N+](=O)[O-])cc3)c2=O)C1. The molecule has 1 aliphatic heterocycles. The molecule has 0 unspecified atom stereocenters. The highest BCUT2D eigenvalue weighted by Gasteiger charge is 2.31. The van der Waals surface area contributed by atoms with Gasteiger partial charge in [-0.25, -0.2) is 4.79 Å². The van der Waals surface area contributed by atoms with E-state index in [1.54, 1.807) is 0 Å². The van der Waals surface area contributed by atoms with Crippen molar-refractivity contribution in [2.75, 3.05) is 6.54 Å². The number of rotatable bonds is 3. The van der Waals surface area contributed by atoms with Crippen molar-refractivity contribution < 1.29 is 22.9 Å². The fourth-order valence-electron chi connectivity index (χ4n) is 3.29. The molecule has 2 aromatic carbocycles. The first-order valence-corrected chi connectivity index (χ1v) is 9.05. The van der Waals surface area contributed by atoms with Gasteiger partial charge in [0.15, 0.2) is 5.82 Å². The number of alkyl halides is 3. The molecule has 9 nitrogen and oxygen atoms in total. The predicted molar refractivity (Wildman–Crippen MR) is 101 cm³/mol. The molecule has 0 N–H and O–H groups in total. The Kier molecular flexibility index (Phi) is 4.84. The maximum Gasteiger partial charge on any atom is 0.416 e. The van der Waals surface area contributed by atoms with E-state index >= 15 is 0 Å². The molecule has 0 aliphatic carbocycles. The Bertz CT molecular complexity index is 1210.